The summed E-state index contributed by atoms with van der Waals surface area (Å²) in [6.07, 6.45) is 0. The van der Waals surface area contributed by atoms with Gasteiger partial charge in [0.15, 0.2) is 9.84 Å². The molecule has 0 saturated heterocycles. The lowest BCUT2D eigenvalue weighted by atomic mass is 10.2. The SMILES string of the molecule is COc1ccc(S(=O)(=O)[C@@H](CNC(=O)c2ccc(Cl)cc2)c2cccs2)cc1. The van der Waals surface area contributed by atoms with Crippen LogP contribution in [0.15, 0.2) is 70.9 Å². The van der Waals surface area contributed by atoms with Crippen molar-refractivity contribution in [3.63, 3.8) is 0 Å². The normalized spacial score (nSPS) is 12.4. The van der Waals surface area contributed by atoms with Gasteiger partial charge in [0.05, 0.1) is 12.0 Å². The van der Waals surface area contributed by atoms with E-state index in [0.717, 1.165) is 0 Å². The monoisotopic (exact) mass is 435 g/mol. The van der Waals surface area contributed by atoms with Crippen molar-refractivity contribution in [3.8, 4) is 5.75 Å². The lowest BCUT2D eigenvalue weighted by Crippen LogP contribution is -2.31. The summed E-state index contributed by atoms with van der Waals surface area (Å²) in [5.74, 6) is 0.214. The molecule has 0 aliphatic heterocycles. The van der Waals surface area contributed by atoms with Crippen LogP contribution in [-0.2, 0) is 9.84 Å². The highest BCUT2D eigenvalue weighted by Crippen LogP contribution is 2.32. The zero-order valence-electron chi connectivity index (χ0n) is 15.0. The van der Waals surface area contributed by atoms with Crippen LogP contribution in [0.5, 0.6) is 5.75 Å². The van der Waals surface area contributed by atoms with Gasteiger partial charge in [0.1, 0.15) is 11.0 Å². The third-order valence-corrected chi connectivity index (χ3v) is 7.66. The first kappa shape index (κ1) is 20.4. The number of amides is 1. The fraction of sp³-hybridized carbons (Fsp3) is 0.150. The summed E-state index contributed by atoms with van der Waals surface area (Å²) in [6, 6.07) is 16.2. The van der Waals surface area contributed by atoms with E-state index in [-0.39, 0.29) is 17.3 Å². The summed E-state index contributed by atoms with van der Waals surface area (Å²) in [7, 11) is -2.20. The topological polar surface area (TPSA) is 72.5 Å². The number of carbonyl (C=O) groups is 1. The molecular formula is C20H18ClNO4S2. The lowest BCUT2D eigenvalue weighted by Gasteiger charge is -2.18. The number of nitrogens with one attached hydrogen (secondary N) is 1. The molecule has 28 heavy (non-hydrogen) atoms. The number of benzene rings is 2. The fourth-order valence-electron chi connectivity index (χ4n) is 2.66. The van der Waals surface area contributed by atoms with Gasteiger partial charge in [-0.25, -0.2) is 8.42 Å². The molecule has 8 heteroatoms. The maximum Gasteiger partial charge on any atom is 0.251 e. The number of carbonyl (C=O) groups excluding carboxylic acids is 1. The third-order valence-electron chi connectivity index (χ3n) is 4.18. The maximum atomic E-state index is 13.2. The summed E-state index contributed by atoms with van der Waals surface area (Å²) in [4.78, 5) is 13.2. The Balaban J connectivity index is 1.85. The Labute approximate surface area is 172 Å². The molecule has 3 rings (SSSR count). The van der Waals surface area contributed by atoms with Gasteiger partial charge in [-0.2, -0.15) is 0 Å². The first-order valence-electron chi connectivity index (χ1n) is 8.37. The van der Waals surface area contributed by atoms with Gasteiger partial charge in [0.25, 0.3) is 5.91 Å². The summed E-state index contributed by atoms with van der Waals surface area (Å²) >= 11 is 7.18. The average Bonchev–Trinajstić information content (AvgIpc) is 3.22. The van der Waals surface area contributed by atoms with Crippen molar-refractivity contribution in [1.82, 2.24) is 5.32 Å². The van der Waals surface area contributed by atoms with Gasteiger partial charge in [0, 0.05) is 22.0 Å². The van der Waals surface area contributed by atoms with E-state index in [1.807, 2.05) is 5.38 Å². The van der Waals surface area contributed by atoms with E-state index >= 15 is 0 Å². The lowest BCUT2D eigenvalue weighted by molar-refractivity contribution is 0.0954. The van der Waals surface area contributed by atoms with Crippen LogP contribution >= 0.6 is 22.9 Å². The second-order valence-corrected chi connectivity index (χ2v) is 9.49. The second-order valence-electron chi connectivity index (χ2n) is 5.94. The molecule has 0 bridgehead atoms. The van der Waals surface area contributed by atoms with Gasteiger partial charge in [-0.15, -0.1) is 11.3 Å². The quantitative estimate of drug-likeness (QED) is 0.598. The highest BCUT2D eigenvalue weighted by atomic mass is 35.5. The minimum atomic E-state index is -3.71. The Morgan fingerprint density at radius 1 is 1.11 bits per heavy atom. The van der Waals surface area contributed by atoms with Gasteiger partial charge in [0.2, 0.25) is 0 Å². The molecule has 5 nitrogen and oxygen atoms in total. The first-order valence-corrected chi connectivity index (χ1v) is 11.2. The molecule has 0 radical (unpaired) electrons. The van der Waals surface area contributed by atoms with E-state index in [1.54, 1.807) is 48.5 Å². The zero-order valence-corrected chi connectivity index (χ0v) is 17.4. The molecule has 1 N–H and O–H groups in total. The van der Waals surface area contributed by atoms with Crippen molar-refractivity contribution in [2.45, 2.75) is 10.1 Å². The van der Waals surface area contributed by atoms with Crippen LogP contribution in [-0.4, -0.2) is 28.0 Å². The first-order chi connectivity index (χ1) is 13.4. The molecule has 1 heterocycles. The third kappa shape index (κ3) is 4.55. The van der Waals surface area contributed by atoms with Gasteiger partial charge < -0.3 is 10.1 Å². The number of hydrogen-bond donors (Lipinski definition) is 1. The minimum absolute atomic E-state index is 0.0453. The minimum Gasteiger partial charge on any atom is -0.497 e. The molecule has 1 amide bonds. The van der Waals surface area contributed by atoms with E-state index in [1.165, 1.54) is 30.6 Å². The highest BCUT2D eigenvalue weighted by Gasteiger charge is 2.30. The van der Waals surface area contributed by atoms with Gasteiger partial charge in [-0.3, -0.25) is 4.79 Å². The van der Waals surface area contributed by atoms with Crippen LogP contribution in [0.25, 0.3) is 0 Å². The molecule has 3 aromatic rings. The Morgan fingerprint density at radius 2 is 1.79 bits per heavy atom. The van der Waals surface area contributed by atoms with Crippen LogP contribution in [0, 0.1) is 0 Å². The van der Waals surface area contributed by atoms with E-state index in [0.29, 0.717) is 21.2 Å². The van der Waals surface area contributed by atoms with Gasteiger partial charge >= 0.3 is 0 Å². The van der Waals surface area contributed by atoms with Gasteiger partial charge in [-0.1, -0.05) is 17.7 Å². The highest BCUT2D eigenvalue weighted by molar-refractivity contribution is 7.91. The van der Waals surface area contributed by atoms with E-state index in [9.17, 15) is 13.2 Å². The van der Waals surface area contributed by atoms with Crippen molar-refractivity contribution in [2.75, 3.05) is 13.7 Å². The van der Waals surface area contributed by atoms with Gasteiger partial charge in [-0.05, 0) is 60.0 Å². The molecule has 0 fully saturated rings. The smallest absolute Gasteiger partial charge is 0.251 e. The van der Waals surface area contributed by atoms with Crippen molar-refractivity contribution in [2.24, 2.45) is 0 Å². The number of sulfone groups is 1. The molecule has 0 saturated carbocycles. The van der Waals surface area contributed by atoms with Crippen molar-refractivity contribution >= 4 is 38.7 Å². The molecular weight excluding hydrogens is 418 g/mol. The molecule has 0 aliphatic carbocycles. The predicted molar refractivity (Wildman–Crippen MR) is 111 cm³/mol. The number of rotatable bonds is 7. The molecule has 1 aromatic heterocycles. The average molecular weight is 436 g/mol. The fourth-order valence-corrected chi connectivity index (χ4v) is 5.57. The standard InChI is InChI=1S/C20H18ClNO4S2/c1-26-16-8-10-17(11-9-16)28(24,25)19(18-3-2-12-27-18)13-22-20(23)14-4-6-15(21)7-5-14/h2-12,19H,13H2,1H3,(H,22,23)/t19-/m0/s1. The molecule has 146 valence electrons. The second kappa shape index (κ2) is 8.77. The van der Waals surface area contributed by atoms with Crippen LogP contribution in [0.2, 0.25) is 5.02 Å². The number of methoxy groups -OCH3 is 1. The van der Waals surface area contributed by atoms with Crippen LogP contribution in [0.1, 0.15) is 20.5 Å². The Bertz CT molecular complexity index is 1030. The van der Waals surface area contributed by atoms with Crippen molar-refractivity contribution in [3.05, 3.63) is 81.5 Å². The van der Waals surface area contributed by atoms with Crippen LogP contribution < -0.4 is 10.1 Å². The maximum absolute atomic E-state index is 13.2. The Morgan fingerprint density at radius 3 is 2.36 bits per heavy atom. The summed E-state index contributed by atoms with van der Waals surface area (Å²) in [6.45, 7) is -0.0453. The molecule has 1 atom stereocenters. The molecule has 0 spiro atoms. The number of thiophene rings is 1. The van der Waals surface area contributed by atoms with E-state index in [2.05, 4.69) is 5.32 Å². The van der Waals surface area contributed by atoms with Crippen molar-refractivity contribution in [1.29, 1.82) is 0 Å². The summed E-state index contributed by atoms with van der Waals surface area (Å²) < 4.78 is 31.5. The molecule has 0 unspecified atom stereocenters. The summed E-state index contributed by atoms with van der Waals surface area (Å²) in [5, 5.41) is 4.17. The van der Waals surface area contributed by atoms with E-state index in [4.69, 9.17) is 16.3 Å². The van der Waals surface area contributed by atoms with Crippen LogP contribution in [0.4, 0.5) is 0 Å². The zero-order chi connectivity index (χ0) is 20.1. The number of ether oxygens (including phenoxy) is 1. The largest absolute Gasteiger partial charge is 0.497 e. The van der Waals surface area contributed by atoms with Crippen molar-refractivity contribution < 1.29 is 17.9 Å². The Kier molecular flexibility index (Phi) is 6.39. The number of halogens is 1. The van der Waals surface area contributed by atoms with Crippen LogP contribution in [0.3, 0.4) is 0 Å². The van der Waals surface area contributed by atoms with E-state index < -0.39 is 15.1 Å². The Hall–Kier alpha value is -2.35. The molecule has 2 aromatic carbocycles. The molecule has 0 aliphatic rings. The number of hydrogen-bond acceptors (Lipinski definition) is 5. The summed E-state index contributed by atoms with van der Waals surface area (Å²) in [5.41, 5.74) is 0.413. The predicted octanol–water partition coefficient (Wildman–Crippen LogP) is 4.36.